The highest BCUT2D eigenvalue weighted by Gasteiger charge is 2.16. The molecule has 0 aliphatic rings. The number of aryl methyl sites for hydroxylation is 1. The Labute approximate surface area is 163 Å². The third-order valence-electron chi connectivity index (χ3n) is 4.53. The molecule has 0 fully saturated rings. The van der Waals surface area contributed by atoms with Crippen molar-refractivity contribution in [2.45, 2.75) is 95.8 Å². The van der Waals surface area contributed by atoms with Crippen molar-refractivity contribution in [1.82, 2.24) is 0 Å². The molecule has 1 rings (SSSR count). The van der Waals surface area contributed by atoms with Crippen molar-refractivity contribution < 1.29 is 9.79 Å². The molecule has 0 spiro atoms. The normalized spacial score (nSPS) is 11.8. The van der Waals surface area contributed by atoms with Gasteiger partial charge in [0.1, 0.15) is 0 Å². The van der Waals surface area contributed by atoms with Crippen molar-refractivity contribution in [3.63, 3.8) is 0 Å². The van der Waals surface area contributed by atoms with Crippen LogP contribution in [-0.2, 0) is 24.6 Å². The highest BCUT2D eigenvalue weighted by molar-refractivity contribution is 8.67. The molecule has 0 saturated carbocycles. The maximum absolute atomic E-state index is 9.75. The summed E-state index contributed by atoms with van der Waals surface area (Å²) in [4.78, 5) is 20.5. The SMILES string of the molecule is CCCCCCCc1cccc(SP(O)(O)=S)c1CCCCCCC. The Morgan fingerprint density at radius 2 is 1.40 bits per heavy atom. The maximum Gasteiger partial charge on any atom is 0.246 e. The third-order valence-corrected chi connectivity index (χ3v) is 7.32. The van der Waals surface area contributed by atoms with E-state index in [4.69, 9.17) is 11.8 Å². The number of benzene rings is 1. The van der Waals surface area contributed by atoms with Crippen molar-refractivity contribution in [3.05, 3.63) is 29.3 Å². The van der Waals surface area contributed by atoms with Crippen molar-refractivity contribution in [2.24, 2.45) is 0 Å². The maximum atomic E-state index is 9.75. The number of unbranched alkanes of at least 4 members (excludes halogenated alkanes) is 8. The highest BCUT2D eigenvalue weighted by Crippen LogP contribution is 2.56. The zero-order chi connectivity index (χ0) is 18.5. The summed E-state index contributed by atoms with van der Waals surface area (Å²) < 4.78 is 0. The van der Waals surface area contributed by atoms with E-state index in [-0.39, 0.29) is 0 Å². The summed E-state index contributed by atoms with van der Waals surface area (Å²) in [5.74, 6) is 0. The van der Waals surface area contributed by atoms with Crippen molar-refractivity contribution in [3.8, 4) is 0 Å². The molecule has 0 aliphatic heterocycles. The van der Waals surface area contributed by atoms with E-state index in [1.807, 2.05) is 12.1 Å². The Bertz CT molecular complexity index is 528. The van der Waals surface area contributed by atoms with Gasteiger partial charge in [0.05, 0.1) is 0 Å². The highest BCUT2D eigenvalue weighted by atomic mass is 32.9. The molecule has 1 aromatic rings. The predicted octanol–water partition coefficient (Wildman–Crippen LogP) is 7.01. The van der Waals surface area contributed by atoms with Gasteiger partial charge >= 0.3 is 0 Å². The fourth-order valence-corrected chi connectivity index (χ4v) is 5.91. The number of hydrogen-bond acceptors (Lipinski definition) is 2. The monoisotopic (exact) mass is 402 g/mol. The van der Waals surface area contributed by atoms with Crippen molar-refractivity contribution >= 4 is 28.9 Å². The standard InChI is InChI=1S/C20H35O2PS2/c1-3-5-7-9-11-14-18-15-13-17-20(25-23(21,22)24)19(18)16-12-10-8-6-4-2/h13,15,17H,3-12,14,16H2,1-2H3,(H2,21,22,24). The lowest BCUT2D eigenvalue weighted by atomic mass is 9.96. The molecular weight excluding hydrogens is 367 g/mol. The van der Waals surface area contributed by atoms with E-state index in [2.05, 4.69) is 19.9 Å². The van der Waals surface area contributed by atoms with Gasteiger partial charge in [-0.3, -0.25) is 0 Å². The first kappa shape index (κ1) is 23.2. The van der Waals surface area contributed by atoms with Crippen LogP contribution in [0.15, 0.2) is 23.1 Å². The van der Waals surface area contributed by atoms with Crippen LogP contribution in [0, 0.1) is 0 Å². The van der Waals surface area contributed by atoms with Gasteiger partial charge in [-0.25, -0.2) is 0 Å². The first-order chi connectivity index (χ1) is 12.0. The number of rotatable bonds is 14. The van der Waals surface area contributed by atoms with Gasteiger partial charge in [0.2, 0.25) is 5.69 Å². The summed E-state index contributed by atoms with van der Waals surface area (Å²) in [5, 5.41) is 0. The van der Waals surface area contributed by atoms with Gasteiger partial charge in [0.15, 0.2) is 0 Å². The van der Waals surface area contributed by atoms with Crippen LogP contribution in [0.5, 0.6) is 0 Å². The predicted molar refractivity (Wildman–Crippen MR) is 116 cm³/mol. The Hall–Kier alpha value is 0.140. The quantitative estimate of drug-likeness (QED) is 0.259. The minimum Gasteiger partial charge on any atom is -0.337 e. The minimum absolute atomic E-state index is 0.981. The van der Waals surface area contributed by atoms with Crippen LogP contribution in [-0.4, -0.2) is 9.79 Å². The van der Waals surface area contributed by atoms with Crippen LogP contribution >= 0.6 is 17.1 Å². The molecule has 0 heterocycles. The average Bonchev–Trinajstić information content (AvgIpc) is 2.55. The van der Waals surface area contributed by atoms with Gasteiger partial charge in [-0.15, -0.1) is 0 Å². The smallest absolute Gasteiger partial charge is 0.246 e. The molecular formula is C20H35O2PS2. The zero-order valence-corrected chi connectivity index (χ0v) is 18.4. The van der Waals surface area contributed by atoms with Crippen LogP contribution in [0.25, 0.3) is 0 Å². The summed E-state index contributed by atoms with van der Waals surface area (Å²) in [5.41, 5.74) is -0.597. The molecule has 25 heavy (non-hydrogen) atoms. The van der Waals surface area contributed by atoms with Gasteiger partial charge in [-0.05, 0) is 66.1 Å². The largest absolute Gasteiger partial charge is 0.337 e. The minimum atomic E-state index is -3.27. The third kappa shape index (κ3) is 10.8. The van der Waals surface area contributed by atoms with E-state index in [9.17, 15) is 9.79 Å². The molecule has 0 bridgehead atoms. The lowest BCUT2D eigenvalue weighted by Crippen LogP contribution is -1.98. The molecule has 0 atom stereocenters. The Balaban J connectivity index is 2.74. The fraction of sp³-hybridized carbons (Fsp3) is 0.700. The molecule has 0 amide bonds. The van der Waals surface area contributed by atoms with Crippen LogP contribution in [0.4, 0.5) is 0 Å². The molecule has 0 unspecified atom stereocenters. The molecule has 2 nitrogen and oxygen atoms in total. The van der Waals surface area contributed by atoms with E-state index in [0.29, 0.717) is 0 Å². The second-order valence-electron chi connectivity index (χ2n) is 6.80. The number of hydrogen-bond donors (Lipinski definition) is 2. The molecule has 1 aromatic carbocycles. The lowest BCUT2D eigenvalue weighted by molar-refractivity contribution is 0.502. The van der Waals surface area contributed by atoms with Crippen molar-refractivity contribution in [1.29, 1.82) is 0 Å². The van der Waals surface area contributed by atoms with Crippen LogP contribution < -0.4 is 0 Å². The molecule has 144 valence electrons. The second kappa shape index (κ2) is 13.3. The van der Waals surface area contributed by atoms with Crippen LogP contribution in [0.2, 0.25) is 0 Å². The summed E-state index contributed by atoms with van der Waals surface area (Å²) in [6, 6.07) is 6.25. The zero-order valence-electron chi connectivity index (χ0n) is 15.9. The van der Waals surface area contributed by atoms with Gasteiger partial charge < -0.3 is 9.79 Å². The van der Waals surface area contributed by atoms with E-state index in [1.165, 1.54) is 75.3 Å². The Morgan fingerprint density at radius 3 is 1.96 bits per heavy atom. The van der Waals surface area contributed by atoms with Gasteiger partial charge in [-0.2, -0.15) is 0 Å². The van der Waals surface area contributed by atoms with Gasteiger partial charge in [-0.1, -0.05) is 77.3 Å². The lowest BCUT2D eigenvalue weighted by Gasteiger charge is -2.16. The molecule has 0 aromatic heterocycles. The van der Waals surface area contributed by atoms with Gasteiger partial charge in [0.25, 0.3) is 0 Å². The molecule has 0 radical (unpaired) electrons. The Kier molecular flexibility index (Phi) is 12.4. The van der Waals surface area contributed by atoms with E-state index in [0.717, 1.165) is 29.1 Å². The van der Waals surface area contributed by atoms with E-state index < -0.39 is 5.69 Å². The Morgan fingerprint density at radius 1 is 0.840 bits per heavy atom. The van der Waals surface area contributed by atoms with E-state index in [1.54, 1.807) is 0 Å². The summed E-state index contributed by atoms with van der Waals surface area (Å²) >= 11 is 5.95. The second-order valence-corrected chi connectivity index (χ2v) is 12.7. The van der Waals surface area contributed by atoms with Crippen LogP contribution in [0.3, 0.4) is 0 Å². The summed E-state index contributed by atoms with van der Waals surface area (Å²) in [7, 11) is 0. The molecule has 0 saturated heterocycles. The fourth-order valence-electron chi connectivity index (χ4n) is 3.17. The van der Waals surface area contributed by atoms with E-state index >= 15 is 0 Å². The first-order valence-electron chi connectivity index (χ1n) is 9.83. The summed E-state index contributed by atoms with van der Waals surface area (Å²) in [6.45, 7) is 4.48. The molecule has 2 N–H and O–H groups in total. The summed E-state index contributed by atoms with van der Waals surface area (Å²) in [6.07, 6.45) is 14.8. The van der Waals surface area contributed by atoms with Gasteiger partial charge in [0, 0.05) is 4.90 Å². The average molecular weight is 403 g/mol. The first-order valence-corrected chi connectivity index (χ1v) is 14.0. The van der Waals surface area contributed by atoms with Crippen LogP contribution in [0.1, 0.15) is 89.2 Å². The molecule has 0 aliphatic carbocycles. The topological polar surface area (TPSA) is 40.5 Å². The molecule has 5 heteroatoms. The van der Waals surface area contributed by atoms with Crippen molar-refractivity contribution in [2.75, 3.05) is 0 Å².